The van der Waals surface area contributed by atoms with E-state index in [1.807, 2.05) is 18.2 Å². The van der Waals surface area contributed by atoms with E-state index >= 15 is 0 Å². The quantitative estimate of drug-likeness (QED) is 0.778. The van der Waals surface area contributed by atoms with Gasteiger partial charge in [0.15, 0.2) is 6.61 Å². The Morgan fingerprint density at radius 3 is 2.94 bits per heavy atom. The van der Waals surface area contributed by atoms with E-state index in [2.05, 4.69) is 5.32 Å². The molecule has 0 spiro atoms. The van der Waals surface area contributed by atoms with Gasteiger partial charge in [-0.15, -0.1) is 0 Å². The number of anilines is 1. The number of fused-ring (bicyclic) bond motifs is 1. The molecule has 1 saturated carbocycles. The third-order valence-corrected chi connectivity index (χ3v) is 3.47. The van der Waals surface area contributed by atoms with Crippen molar-refractivity contribution in [1.82, 2.24) is 0 Å². The van der Waals surface area contributed by atoms with Crippen molar-refractivity contribution in [1.29, 1.82) is 0 Å². The molecule has 4 nitrogen and oxygen atoms in total. The number of benzene rings is 1. The van der Waals surface area contributed by atoms with E-state index in [-0.39, 0.29) is 17.9 Å². The molecule has 2 aliphatic rings. The van der Waals surface area contributed by atoms with Crippen LogP contribution in [0.15, 0.2) is 18.2 Å². The van der Waals surface area contributed by atoms with Crippen LogP contribution >= 0.6 is 0 Å². The Morgan fingerprint density at radius 2 is 2.25 bits per heavy atom. The van der Waals surface area contributed by atoms with E-state index in [9.17, 15) is 4.79 Å². The van der Waals surface area contributed by atoms with E-state index in [4.69, 9.17) is 10.5 Å². The number of amides is 1. The zero-order valence-electron chi connectivity index (χ0n) is 8.95. The molecule has 3 N–H and O–H groups in total. The normalized spacial score (nSPS) is 20.7. The van der Waals surface area contributed by atoms with E-state index in [0.717, 1.165) is 24.3 Å². The molecule has 1 aliphatic carbocycles. The summed E-state index contributed by atoms with van der Waals surface area (Å²) in [4.78, 5) is 11.1. The highest BCUT2D eigenvalue weighted by atomic mass is 16.5. The third kappa shape index (κ3) is 1.38. The summed E-state index contributed by atoms with van der Waals surface area (Å²) in [5.74, 6) is 0.664. The minimum absolute atomic E-state index is 0.0970. The van der Waals surface area contributed by atoms with Crippen LogP contribution in [-0.2, 0) is 10.2 Å². The molecule has 0 bridgehead atoms. The molecule has 84 valence electrons. The molecule has 0 saturated heterocycles. The third-order valence-electron chi connectivity index (χ3n) is 3.47. The van der Waals surface area contributed by atoms with Crippen LogP contribution in [0.4, 0.5) is 5.69 Å². The van der Waals surface area contributed by atoms with Gasteiger partial charge in [-0.3, -0.25) is 4.79 Å². The number of nitrogens with two attached hydrogens (primary N) is 1. The molecule has 4 heteroatoms. The van der Waals surface area contributed by atoms with Crippen molar-refractivity contribution in [2.24, 2.45) is 5.73 Å². The largest absolute Gasteiger partial charge is 0.482 e. The van der Waals surface area contributed by atoms with Crippen LogP contribution in [0.5, 0.6) is 5.75 Å². The summed E-state index contributed by atoms with van der Waals surface area (Å²) in [6.45, 7) is 0.782. The number of carbonyl (C=O) groups excluding carboxylic acids is 1. The lowest BCUT2D eigenvalue weighted by Gasteiger charge is -2.21. The molecule has 1 amide bonds. The van der Waals surface area contributed by atoms with Gasteiger partial charge in [0, 0.05) is 12.0 Å². The maximum absolute atomic E-state index is 11.1. The molecule has 0 atom stereocenters. The summed E-state index contributed by atoms with van der Waals surface area (Å²) in [7, 11) is 0. The molecule has 1 heterocycles. The Morgan fingerprint density at radius 1 is 1.44 bits per heavy atom. The number of hydrogen-bond donors (Lipinski definition) is 2. The Balaban J connectivity index is 1.97. The number of nitrogens with one attached hydrogen (secondary N) is 1. The van der Waals surface area contributed by atoms with Gasteiger partial charge in [0.25, 0.3) is 5.91 Å². The van der Waals surface area contributed by atoms with Crippen LogP contribution < -0.4 is 15.8 Å². The smallest absolute Gasteiger partial charge is 0.262 e. The Hall–Kier alpha value is -1.55. The summed E-state index contributed by atoms with van der Waals surface area (Å²) >= 11 is 0. The van der Waals surface area contributed by atoms with Gasteiger partial charge < -0.3 is 15.8 Å². The number of carbonyl (C=O) groups is 1. The molecule has 0 unspecified atom stereocenters. The zero-order chi connectivity index (χ0) is 11.2. The molecule has 16 heavy (non-hydrogen) atoms. The molecule has 1 aromatic carbocycles. The average Bonchev–Trinajstić information content (AvgIpc) is 3.09. The molecule has 0 radical (unpaired) electrons. The van der Waals surface area contributed by atoms with Crippen molar-refractivity contribution in [2.75, 3.05) is 18.5 Å². The van der Waals surface area contributed by atoms with Gasteiger partial charge in [-0.25, -0.2) is 0 Å². The second-order valence-electron chi connectivity index (χ2n) is 4.53. The van der Waals surface area contributed by atoms with E-state index in [1.54, 1.807) is 0 Å². The van der Waals surface area contributed by atoms with Crippen molar-refractivity contribution in [3.05, 3.63) is 23.8 Å². The summed E-state index contributed by atoms with van der Waals surface area (Å²) in [5, 5.41) is 2.78. The van der Waals surface area contributed by atoms with Crippen molar-refractivity contribution in [2.45, 2.75) is 18.3 Å². The lowest BCUT2D eigenvalue weighted by Crippen LogP contribution is -2.26. The fourth-order valence-corrected chi connectivity index (χ4v) is 2.17. The second kappa shape index (κ2) is 3.22. The minimum atomic E-state index is -0.0970. The van der Waals surface area contributed by atoms with Crippen LogP contribution in [0.1, 0.15) is 18.4 Å². The average molecular weight is 218 g/mol. The van der Waals surface area contributed by atoms with Gasteiger partial charge in [-0.1, -0.05) is 6.07 Å². The zero-order valence-corrected chi connectivity index (χ0v) is 8.95. The van der Waals surface area contributed by atoms with E-state index in [1.165, 1.54) is 5.56 Å². The lowest BCUT2D eigenvalue weighted by molar-refractivity contribution is -0.118. The van der Waals surface area contributed by atoms with Crippen LogP contribution in [0.25, 0.3) is 0 Å². The predicted molar refractivity (Wildman–Crippen MR) is 60.5 cm³/mol. The first-order valence-electron chi connectivity index (χ1n) is 5.51. The fraction of sp³-hybridized carbons (Fsp3) is 0.417. The maximum atomic E-state index is 11.1. The first-order chi connectivity index (χ1) is 7.73. The highest BCUT2D eigenvalue weighted by molar-refractivity contribution is 5.95. The predicted octanol–water partition coefficient (Wildman–Crippen LogP) is 1.01. The second-order valence-corrected chi connectivity index (χ2v) is 4.53. The molecular weight excluding hydrogens is 204 g/mol. The number of rotatable bonds is 2. The van der Waals surface area contributed by atoms with Crippen molar-refractivity contribution in [3.8, 4) is 5.75 Å². The minimum Gasteiger partial charge on any atom is -0.482 e. The van der Waals surface area contributed by atoms with E-state index < -0.39 is 0 Å². The molecule has 3 rings (SSSR count). The van der Waals surface area contributed by atoms with Gasteiger partial charge in [0.05, 0.1) is 5.69 Å². The number of ether oxygens (including phenoxy) is 1. The van der Waals surface area contributed by atoms with Crippen LogP contribution in [0.2, 0.25) is 0 Å². The van der Waals surface area contributed by atoms with Crippen molar-refractivity contribution in [3.63, 3.8) is 0 Å². The first kappa shape index (κ1) is 9.66. The summed E-state index contributed by atoms with van der Waals surface area (Å²) in [6, 6.07) is 5.94. The van der Waals surface area contributed by atoms with Crippen molar-refractivity contribution < 1.29 is 9.53 Å². The summed E-state index contributed by atoms with van der Waals surface area (Å²) in [6.07, 6.45) is 2.29. The Kier molecular flexibility index (Phi) is 1.94. The maximum Gasteiger partial charge on any atom is 0.262 e. The van der Waals surface area contributed by atoms with Gasteiger partial charge in [0.2, 0.25) is 0 Å². The molecule has 1 aliphatic heterocycles. The van der Waals surface area contributed by atoms with Gasteiger partial charge in [0.1, 0.15) is 5.75 Å². The fourth-order valence-electron chi connectivity index (χ4n) is 2.17. The van der Waals surface area contributed by atoms with Gasteiger partial charge >= 0.3 is 0 Å². The van der Waals surface area contributed by atoms with E-state index in [0.29, 0.717) is 6.54 Å². The highest BCUT2D eigenvalue weighted by Crippen LogP contribution is 2.48. The Labute approximate surface area is 93.8 Å². The SMILES string of the molecule is NCC1(c2ccc3c(c2)OCC(=O)N3)CC1. The molecule has 1 fully saturated rings. The summed E-state index contributed by atoms with van der Waals surface area (Å²) in [5.41, 5.74) is 7.94. The van der Waals surface area contributed by atoms with Crippen molar-refractivity contribution >= 4 is 11.6 Å². The highest BCUT2D eigenvalue weighted by Gasteiger charge is 2.43. The topological polar surface area (TPSA) is 64.3 Å². The van der Waals surface area contributed by atoms with Crippen LogP contribution in [0, 0.1) is 0 Å². The lowest BCUT2D eigenvalue weighted by atomic mass is 9.95. The molecule has 0 aromatic heterocycles. The van der Waals surface area contributed by atoms with Gasteiger partial charge in [-0.2, -0.15) is 0 Å². The van der Waals surface area contributed by atoms with Crippen LogP contribution in [-0.4, -0.2) is 19.1 Å². The molecule has 1 aromatic rings. The molecular formula is C12H14N2O2. The van der Waals surface area contributed by atoms with Gasteiger partial charge in [-0.05, 0) is 30.5 Å². The van der Waals surface area contributed by atoms with Crippen LogP contribution in [0.3, 0.4) is 0 Å². The monoisotopic (exact) mass is 218 g/mol. The standard InChI is InChI=1S/C12H14N2O2/c13-7-12(3-4-12)8-1-2-9-10(5-8)16-6-11(15)14-9/h1-2,5H,3-4,6-7,13H2,(H,14,15). The summed E-state index contributed by atoms with van der Waals surface area (Å²) < 4.78 is 5.39. The Bertz CT molecular complexity index is 452. The first-order valence-corrected chi connectivity index (χ1v) is 5.51. The number of hydrogen-bond acceptors (Lipinski definition) is 3.